The van der Waals surface area contributed by atoms with E-state index in [4.69, 9.17) is 0 Å². The second kappa shape index (κ2) is 17.0. The van der Waals surface area contributed by atoms with Crippen LogP contribution in [0.15, 0.2) is 24.3 Å². The molecular formula is C28H46Fe. The summed E-state index contributed by atoms with van der Waals surface area (Å²) in [5.41, 5.74) is 9.76. The van der Waals surface area contributed by atoms with Crippen LogP contribution in [0.1, 0.15) is 113 Å². The molecule has 0 saturated carbocycles. The van der Waals surface area contributed by atoms with Crippen molar-refractivity contribution >= 4 is 0 Å². The quantitative estimate of drug-likeness (QED) is 0.230. The maximum Gasteiger partial charge on any atom is 2.00 e. The SMILES string of the molecule is CCCc1cc[c-](CCC)c1CCC.CCCc1cc[c-](CCC)c1CCC.[Fe+2]. The van der Waals surface area contributed by atoms with Gasteiger partial charge in [-0.3, -0.25) is 0 Å². The third-order valence-electron chi connectivity index (χ3n) is 5.60. The average molecular weight is 439 g/mol. The summed E-state index contributed by atoms with van der Waals surface area (Å²) in [5.74, 6) is 0. The number of hydrogen-bond acceptors (Lipinski definition) is 0. The second-order valence-electron chi connectivity index (χ2n) is 8.22. The van der Waals surface area contributed by atoms with E-state index in [1.807, 2.05) is 0 Å². The van der Waals surface area contributed by atoms with Crippen molar-refractivity contribution in [1.29, 1.82) is 0 Å². The van der Waals surface area contributed by atoms with E-state index in [0.29, 0.717) is 0 Å². The molecule has 166 valence electrons. The molecule has 0 heterocycles. The Morgan fingerprint density at radius 2 is 0.862 bits per heavy atom. The molecule has 2 rings (SSSR count). The molecular weight excluding hydrogens is 392 g/mol. The Morgan fingerprint density at radius 1 is 0.517 bits per heavy atom. The van der Waals surface area contributed by atoms with Gasteiger partial charge >= 0.3 is 17.1 Å². The normalized spacial score (nSPS) is 10.4. The second-order valence-corrected chi connectivity index (χ2v) is 8.22. The minimum atomic E-state index is 0. The van der Waals surface area contributed by atoms with Crippen LogP contribution in [-0.2, 0) is 55.6 Å². The van der Waals surface area contributed by atoms with Crippen molar-refractivity contribution in [3.8, 4) is 0 Å². The van der Waals surface area contributed by atoms with Crippen LogP contribution in [0.25, 0.3) is 0 Å². The van der Waals surface area contributed by atoms with E-state index in [9.17, 15) is 0 Å². The van der Waals surface area contributed by atoms with Crippen LogP contribution >= 0.6 is 0 Å². The van der Waals surface area contributed by atoms with Crippen LogP contribution in [0.5, 0.6) is 0 Å². The first-order valence-corrected chi connectivity index (χ1v) is 12.2. The molecule has 0 fully saturated rings. The van der Waals surface area contributed by atoms with Gasteiger partial charge in [0.1, 0.15) is 0 Å². The van der Waals surface area contributed by atoms with Gasteiger partial charge in [0.2, 0.25) is 0 Å². The van der Waals surface area contributed by atoms with E-state index in [1.165, 1.54) is 77.0 Å². The van der Waals surface area contributed by atoms with Gasteiger partial charge in [0.05, 0.1) is 0 Å². The van der Waals surface area contributed by atoms with Gasteiger partial charge in [-0.15, -0.1) is 0 Å². The number of hydrogen-bond donors (Lipinski definition) is 0. The molecule has 1 heteroatoms. The van der Waals surface area contributed by atoms with Gasteiger partial charge in [-0.05, 0) is 0 Å². The molecule has 0 unspecified atom stereocenters. The molecule has 0 aromatic heterocycles. The van der Waals surface area contributed by atoms with E-state index in [-0.39, 0.29) is 17.1 Å². The van der Waals surface area contributed by atoms with Crippen LogP contribution in [-0.4, -0.2) is 0 Å². The molecule has 0 N–H and O–H groups in total. The van der Waals surface area contributed by atoms with Crippen LogP contribution in [0.3, 0.4) is 0 Å². The van der Waals surface area contributed by atoms with Crippen molar-refractivity contribution in [3.05, 3.63) is 57.6 Å². The zero-order valence-corrected chi connectivity index (χ0v) is 21.3. The Morgan fingerprint density at radius 3 is 1.14 bits per heavy atom. The molecule has 0 bridgehead atoms. The van der Waals surface area contributed by atoms with E-state index < -0.39 is 0 Å². The summed E-state index contributed by atoms with van der Waals surface area (Å²) in [6, 6.07) is 9.39. The van der Waals surface area contributed by atoms with Crippen LogP contribution in [0.4, 0.5) is 0 Å². The Kier molecular flexibility index (Phi) is 16.5. The van der Waals surface area contributed by atoms with Crippen molar-refractivity contribution in [1.82, 2.24) is 0 Å². The number of rotatable bonds is 12. The standard InChI is InChI=1S/2C14H23.Fe/c2*1-4-7-12-10-11-13(8-5-2)14(12)9-6-3;/h2*10-11H,4-9H2,1-3H3;/q2*-1;+2. The molecule has 0 radical (unpaired) electrons. The molecule has 0 aliphatic rings. The van der Waals surface area contributed by atoms with Gasteiger partial charge < -0.3 is 0 Å². The maximum atomic E-state index is 2.35. The van der Waals surface area contributed by atoms with Crippen LogP contribution < -0.4 is 0 Å². The Bertz CT molecular complexity index is 526. The van der Waals surface area contributed by atoms with Crippen molar-refractivity contribution in [2.45, 2.75) is 119 Å². The zero-order chi connectivity index (χ0) is 20.8. The summed E-state index contributed by atoms with van der Waals surface area (Å²) in [6.07, 6.45) is 15.2. The molecule has 0 saturated heterocycles. The molecule has 0 amide bonds. The third kappa shape index (κ3) is 9.27. The summed E-state index contributed by atoms with van der Waals surface area (Å²) in [6.45, 7) is 13.6. The predicted octanol–water partition coefficient (Wildman–Crippen LogP) is 8.52. The summed E-state index contributed by atoms with van der Waals surface area (Å²) in [4.78, 5) is 0. The van der Waals surface area contributed by atoms with E-state index in [2.05, 4.69) is 65.8 Å². The third-order valence-corrected chi connectivity index (χ3v) is 5.60. The maximum absolute atomic E-state index is 2.35. The predicted molar refractivity (Wildman–Crippen MR) is 128 cm³/mol. The summed E-state index contributed by atoms with van der Waals surface area (Å²) >= 11 is 0. The fourth-order valence-corrected chi connectivity index (χ4v) is 4.37. The molecule has 0 aliphatic heterocycles. The van der Waals surface area contributed by atoms with Crippen LogP contribution in [0.2, 0.25) is 0 Å². The smallest absolute Gasteiger partial charge is 0.210 e. The minimum absolute atomic E-state index is 0. The van der Waals surface area contributed by atoms with Gasteiger partial charge in [0, 0.05) is 0 Å². The average Bonchev–Trinajstić information content (AvgIpc) is 3.23. The first kappa shape index (κ1) is 28.2. The fraction of sp³-hybridized carbons (Fsp3) is 0.643. The van der Waals surface area contributed by atoms with Crippen molar-refractivity contribution in [2.24, 2.45) is 0 Å². The monoisotopic (exact) mass is 438 g/mol. The van der Waals surface area contributed by atoms with E-state index in [1.54, 1.807) is 33.4 Å². The largest absolute Gasteiger partial charge is 2.00 e. The topological polar surface area (TPSA) is 0 Å². The molecule has 0 aliphatic carbocycles. The van der Waals surface area contributed by atoms with Crippen molar-refractivity contribution in [3.63, 3.8) is 0 Å². The molecule has 29 heavy (non-hydrogen) atoms. The van der Waals surface area contributed by atoms with Gasteiger partial charge in [-0.1, -0.05) is 119 Å². The fourth-order valence-electron chi connectivity index (χ4n) is 4.37. The van der Waals surface area contributed by atoms with Crippen molar-refractivity contribution in [2.75, 3.05) is 0 Å². The van der Waals surface area contributed by atoms with Gasteiger partial charge in [0.25, 0.3) is 0 Å². The zero-order valence-electron chi connectivity index (χ0n) is 20.1. The Hall–Kier alpha value is -0.781. The molecule has 0 nitrogen and oxygen atoms in total. The molecule has 0 spiro atoms. The van der Waals surface area contributed by atoms with E-state index in [0.717, 1.165) is 0 Å². The molecule has 2 aromatic carbocycles. The first-order valence-electron chi connectivity index (χ1n) is 12.2. The summed E-state index contributed by atoms with van der Waals surface area (Å²) < 4.78 is 0. The Labute approximate surface area is 193 Å². The first-order chi connectivity index (χ1) is 13.7. The minimum Gasteiger partial charge on any atom is -0.210 e. The Balaban J connectivity index is 0.000000523. The molecule has 0 atom stereocenters. The summed E-state index contributed by atoms with van der Waals surface area (Å²) in [7, 11) is 0. The molecule has 2 aromatic rings. The number of aryl methyl sites for hydroxylation is 4. The van der Waals surface area contributed by atoms with Gasteiger partial charge in [-0.25, -0.2) is 12.1 Å². The van der Waals surface area contributed by atoms with Crippen molar-refractivity contribution < 1.29 is 17.1 Å². The van der Waals surface area contributed by atoms with E-state index >= 15 is 0 Å². The van der Waals surface area contributed by atoms with Crippen LogP contribution in [0, 0.1) is 0 Å². The summed E-state index contributed by atoms with van der Waals surface area (Å²) in [5, 5.41) is 0. The van der Waals surface area contributed by atoms with Gasteiger partial charge in [-0.2, -0.15) is 45.5 Å². The van der Waals surface area contributed by atoms with Gasteiger partial charge in [0.15, 0.2) is 0 Å².